The summed E-state index contributed by atoms with van der Waals surface area (Å²) >= 11 is 0. The number of anilines is 2. The average Bonchev–Trinajstić information content (AvgIpc) is 2.73. The summed E-state index contributed by atoms with van der Waals surface area (Å²) in [7, 11) is 0. The van der Waals surface area contributed by atoms with Gasteiger partial charge in [0.1, 0.15) is 11.4 Å². The molecule has 0 aliphatic carbocycles. The quantitative estimate of drug-likeness (QED) is 0.221. The van der Waals surface area contributed by atoms with E-state index < -0.39 is 0 Å². The number of azo groups is 1. The van der Waals surface area contributed by atoms with Gasteiger partial charge in [-0.05, 0) is 47.9 Å². The molecule has 4 rings (SSSR count). The van der Waals surface area contributed by atoms with Gasteiger partial charge < -0.3 is 10.5 Å². The van der Waals surface area contributed by atoms with E-state index in [2.05, 4.69) is 21.1 Å². The fourth-order valence-corrected chi connectivity index (χ4v) is 2.75. The molecule has 5 heteroatoms. The van der Waals surface area contributed by atoms with Crippen LogP contribution in [-0.4, -0.2) is 5.11 Å². The van der Waals surface area contributed by atoms with Gasteiger partial charge in [-0.15, -0.1) is 0 Å². The van der Waals surface area contributed by atoms with E-state index in [1.54, 1.807) is 6.07 Å². The monoisotopic (exact) mass is 354 g/mol. The molecule has 0 spiro atoms. The molecule has 0 saturated carbocycles. The van der Waals surface area contributed by atoms with Gasteiger partial charge in [0.15, 0.2) is 0 Å². The Morgan fingerprint density at radius 3 is 2.04 bits per heavy atom. The van der Waals surface area contributed by atoms with Crippen molar-refractivity contribution < 1.29 is 5.11 Å². The third kappa shape index (κ3) is 3.88. The van der Waals surface area contributed by atoms with Gasteiger partial charge in [-0.2, -0.15) is 10.2 Å². The molecule has 0 radical (unpaired) electrons. The van der Waals surface area contributed by atoms with Crippen molar-refractivity contribution in [3.8, 4) is 5.75 Å². The van der Waals surface area contributed by atoms with Crippen LogP contribution in [0.3, 0.4) is 0 Å². The second-order valence-corrected chi connectivity index (χ2v) is 6.01. The van der Waals surface area contributed by atoms with Crippen molar-refractivity contribution >= 4 is 33.5 Å². The van der Waals surface area contributed by atoms with E-state index in [0.29, 0.717) is 5.69 Å². The van der Waals surface area contributed by atoms with Crippen molar-refractivity contribution in [1.29, 1.82) is 0 Å². The first-order valence-electron chi connectivity index (χ1n) is 8.59. The number of hydrazine groups is 1. The molecule has 0 unspecified atom stereocenters. The molecule has 0 aliphatic heterocycles. The smallest absolute Gasteiger partial charge is 0.141 e. The molecule has 27 heavy (non-hydrogen) atoms. The fraction of sp³-hybridized carbons (Fsp3) is 0. The minimum absolute atomic E-state index is 0.189. The number of hydrogen-bond acceptors (Lipinski definition) is 5. The van der Waals surface area contributed by atoms with E-state index >= 15 is 0 Å². The molecule has 0 aromatic heterocycles. The Bertz CT molecular complexity index is 1080. The maximum absolute atomic E-state index is 10.2. The van der Waals surface area contributed by atoms with Crippen LogP contribution in [0, 0.1) is 0 Å². The Morgan fingerprint density at radius 1 is 0.593 bits per heavy atom. The molecule has 4 aromatic carbocycles. The van der Waals surface area contributed by atoms with Gasteiger partial charge in [0.05, 0.1) is 17.1 Å². The van der Waals surface area contributed by atoms with Gasteiger partial charge in [-0.1, -0.05) is 48.5 Å². The van der Waals surface area contributed by atoms with Crippen LogP contribution in [-0.2, 0) is 0 Å². The number of hydrogen-bond donors (Lipinski definition) is 3. The van der Waals surface area contributed by atoms with E-state index in [9.17, 15) is 5.11 Å². The summed E-state index contributed by atoms with van der Waals surface area (Å²) in [5, 5.41) is 20.6. The van der Waals surface area contributed by atoms with Crippen LogP contribution >= 0.6 is 0 Å². The minimum atomic E-state index is 0.189. The standard InChI is InChI=1S/C22H18N4O/c27-21-15-10-16-6-4-5-9-20(16)22(21)26-25-19-13-11-18(12-14-19)24-23-17-7-2-1-3-8-17/h1-15,25-27H. The summed E-state index contributed by atoms with van der Waals surface area (Å²) in [6.45, 7) is 0. The Hall–Kier alpha value is -3.86. The van der Waals surface area contributed by atoms with Crippen LogP contribution < -0.4 is 10.9 Å². The lowest BCUT2D eigenvalue weighted by Crippen LogP contribution is -2.08. The summed E-state index contributed by atoms with van der Waals surface area (Å²) in [5.41, 5.74) is 9.27. The largest absolute Gasteiger partial charge is 0.506 e. The SMILES string of the molecule is Oc1ccc2ccccc2c1NNc1ccc(N=Nc2ccccc2)cc1. The molecule has 0 amide bonds. The molecule has 0 heterocycles. The second kappa shape index (κ2) is 7.58. The highest BCUT2D eigenvalue weighted by Gasteiger charge is 2.06. The third-order valence-electron chi connectivity index (χ3n) is 4.14. The lowest BCUT2D eigenvalue weighted by atomic mass is 10.1. The molecule has 4 aromatic rings. The Balaban J connectivity index is 1.47. The zero-order valence-corrected chi connectivity index (χ0v) is 14.5. The molecular weight excluding hydrogens is 336 g/mol. The predicted molar refractivity (Wildman–Crippen MR) is 110 cm³/mol. The third-order valence-corrected chi connectivity index (χ3v) is 4.14. The van der Waals surface area contributed by atoms with Gasteiger partial charge in [-0.25, -0.2) is 0 Å². The molecule has 5 nitrogen and oxygen atoms in total. The number of benzene rings is 4. The van der Waals surface area contributed by atoms with Crippen molar-refractivity contribution in [1.82, 2.24) is 0 Å². The molecule has 0 saturated heterocycles. The normalized spacial score (nSPS) is 11.0. The van der Waals surface area contributed by atoms with Gasteiger partial charge in [-0.3, -0.25) is 5.43 Å². The van der Waals surface area contributed by atoms with E-state index in [0.717, 1.165) is 27.8 Å². The molecule has 0 aliphatic rings. The van der Waals surface area contributed by atoms with Crippen molar-refractivity contribution in [2.75, 3.05) is 10.9 Å². The van der Waals surface area contributed by atoms with Crippen LogP contribution in [0.5, 0.6) is 5.75 Å². The van der Waals surface area contributed by atoms with Gasteiger partial charge in [0.25, 0.3) is 0 Å². The van der Waals surface area contributed by atoms with Crippen molar-refractivity contribution in [3.05, 3.63) is 91.0 Å². The first kappa shape index (κ1) is 16.6. The van der Waals surface area contributed by atoms with Crippen LogP contribution in [0.25, 0.3) is 10.8 Å². The van der Waals surface area contributed by atoms with Gasteiger partial charge in [0.2, 0.25) is 0 Å². The lowest BCUT2D eigenvalue weighted by Gasteiger charge is -2.13. The van der Waals surface area contributed by atoms with Crippen LogP contribution in [0.2, 0.25) is 0 Å². The zero-order valence-electron chi connectivity index (χ0n) is 14.5. The Morgan fingerprint density at radius 2 is 1.26 bits per heavy atom. The van der Waals surface area contributed by atoms with E-state index in [1.807, 2.05) is 84.9 Å². The molecule has 132 valence electrons. The summed E-state index contributed by atoms with van der Waals surface area (Å²) in [5.74, 6) is 0.189. The highest BCUT2D eigenvalue weighted by Crippen LogP contribution is 2.32. The molecule has 0 fully saturated rings. The van der Waals surface area contributed by atoms with Crippen molar-refractivity contribution in [3.63, 3.8) is 0 Å². The molecular formula is C22H18N4O. The number of phenolic OH excluding ortho intramolecular Hbond substituents is 1. The zero-order chi connectivity index (χ0) is 18.5. The van der Waals surface area contributed by atoms with E-state index in [4.69, 9.17) is 0 Å². The number of nitrogens with zero attached hydrogens (tertiary/aromatic N) is 2. The second-order valence-electron chi connectivity index (χ2n) is 6.01. The number of nitrogens with one attached hydrogen (secondary N) is 2. The number of aromatic hydroxyl groups is 1. The first-order chi connectivity index (χ1) is 13.3. The number of phenols is 1. The molecule has 3 N–H and O–H groups in total. The maximum atomic E-state index is 10.2. The van der Waals surface area contributed by atoms with Crippen LogP contribution in [0.4, 0.5) is 22.7 Å². The maximum Gasteiger partial charge on any atom is 0.141 e. The summed E-state index contributed by atoms with van der Waals surface area (Å²) in [6, 6.07) is 28.6. The van der Waals surface area contributed by atoms with Crippen LogP contribution in [0.15, 0.2) is 101 Å². The Kier molecular flexibility index (Phi) is 4.66. The van der Waals surface area contributed by atoms with Gasteiger partial charge in [0, 0.05) is 5.39 Å². The van der Waals surface area contributed by atoms with Crippen molar-refractivity contribution in [2.24, 2.45) is 10.2 Å². The minimum Gasteiger partial charge on any atom is -0.506 e. The molecule has 0 bridgehead atoms. The van der Waals surface area contributed by atoms with E-state index in [1.165, 1.54) is 0 Å². The van der Waals surface area contributed by atoms with Crippen LogP contribution in [0.1, 0.15) is 0 Å². The molecule has 0 atom stereocenters. The number of fused-ring (bicyclic) bond motifs is 1. The van der Waals surface area contributed by atoms with E-state index in [-0.39, 0.29) is 5.75 Å². The highest BCUT2D eigenvalue weighted by atomic mass is 16.3. The van der Waals surface area contributed by atoms with Gasteiger partial charge >= 0.3 is 0 Å². The fourth-order valence-electron chi connectivity index (χ4n) is 2.75. The number of rotatable bonds is 5. The summed E-state index contributed by atoms with van der Waals surface area (Å²) in [6.07, 6.45) is 0. The highest BCUT2D eigenvalue weighted by molar-refractivity contribution is 5.97. The lowest BCUT2D eigenvalue weighted by molar-refractivity contribution is 0.478. The summed E-state index contributed by atoms with van der Waals surface area (Å²) < 4.78 is 0. The Labute approximate surface area is 157 Å². The summed E-state index contributed by atoms with van der Waals surface area (Å²) in [4.78, 5) is 0. The predicted octanol–water partition coefficient (Wildman–Crippen LogP) is 6.40. The first-order valence-corrected chi connectivity index (χ1v) is 8.59. The topological polar surface area (TPSA) is 69.0 Å². The average molecular weight is 354 g/mol. The van der Waals surface area contributed by atoms with Crippen molar-refractivity contribution in [2.45, 2.75) is 0 Å².